The van der Waals surface area contributed by atoms with E-state index in [1.54, 1.807) is 0 Å². The fourth-order valence-corrected chi connectivity index (χ4v) is 2.99. The molecule has 0 aromatic carbocycles. The van der Waals surface area contributed by atoms with Gasteiger partial charge in [-0.05, 0) is 43.6 Å². The van der Waals surface area contributed by atoms with Crippen molar-refractivity contribution in [3.63, 3.8) is 0 Å². The van der Waals surface area contributed by atoms with Gasteiger partial charge in [0.15, 0.2) is 0 Å². The third-order valence-corrected chi connectivity index (χ3v) is 3.49. The molecule has 0 aromatic heterocycles. The molecule has 0 unspecified atom stereocenters. The summed E-state index contributed by atoms with van der Waals surface area (Å²) in [6, 6.07) is 0. The van der Waals surface area contributed by atoms with E-state index in [0.717, 1.165) is 19.0 Å². The van der Waals surface area contributed by atoms with E-state index in [4.69, 9.17) is 0 Å². The zero-order valence-electron chi connectivity index (χ0n) is 10.3. The molecule has 1 N–H and O–H groups in total. The third-order valence-electron chi connectivity index (χ3n) is 3.49. The van der Waals surface area contributed by atoms with Gasteiger partial charge in [-0.25, -0.2) is 0 Å². The lowest BCUT2D eigenvalue weighted by atomic mass is 9.78. The molecule has 0 saturated heterocycles. The minimum absolute atomic E-state index is 0.190. The fourth-order valence-electron chi connectivity index (χ4n) is 2.99. The van der Waals surface area contributed by atoms with Crippen LogP contribution in [0.15, 0.2) is 0 Å². The van der Waals surface area contributed by atoms with Gasteiger partial charge < -0.3 is 5.32 Å². The minimum Gasteiger partial charge on any atom is -0.316 e. The van der Waals surface area contributed by atoms with Gasteiger partial charge in [0.2, 0.25) is 0 Å². The Morgan fingerprint density at radius 3 is 2.47 bits per heavy atom. The molecule has 1 aliphatic rings. The van der Waals surface area contributed by atoms with Crippen molar-refractivity contribution in [3.05, 3.63) is 0 Å². The van der Waals surface area contributed by atoms with E-state index < -0.39 is 0 Å². The Labute approximate surface area is 93.8 Å². The molecule has 1 aliphatic carbocycles. The summed E-state index contributed by atoms with van der Waals surface area (Å²) in [4.78, 5) is 0. The molecule has 0 atom stereocenters. The minimum atomic E-state index is -0.190. The lowest BCUT2D eigenvalue weighted by molar-refractivity contribution is 0.223. The monoisotopic (exact) mass is 215 g/mol. The second-order valence-electron chi connectivity index (χ2n) is 5.52. The second kappa shape index (κ2) is 6.47. The van der Waals surface area contributed by atoms with Crippen molar-refractivity contribution in [2.24, 2.45) is 11.3 Å². The van der Waals surface area contributed by atoms with Crippen LogP contribution in [0.5, 0.6) is 0 Å². The van der Waals surface area contributed by atoms with Gasteiger partial charge in [-0.2, -0.15) is 0 Å². The standard InChI is InChI=1S/C13H26FN/c1-12(2)10-13(6-3-4-7-13)11-15-9-5-8-14/h12,15H,3-11H2,1-2H3. The Hall–Kier alpha value is -0.110. The highest BCUT2D eigenvalue weighted by Gasteiger charge is 2.33. The molecule has 0 aliphatic heterocycles. The predicted octanol–water partition coefficient (Wildman–Crippen LogP) is 3.54. The van der Waals surface area contributed by atoms with Crippen molar-refractivity contribution in [1.29, 1.82) is 0 Å². The Balaban J connectivity index is 2.29. The SMILES string of the molecule is CC(C)CC1(CNCCCF)CCCC1. The van der Waals surface area contributed by atoms with Gasteiger partial charge in [-0.3, -0.25) is 4.39 Å². The molecule has 0 aromatic rings. The van der Waals surface area contributed by atoms with E-state index in [2.05, 4.69) is 19.2 Å². The summed E-state index contributed by atoms with van der Waals surface area (Å²) >= 11 is 0. The Kier molecular flexibility index (Phi) is 5.59. The van der Waals surface area contributed by atoms with E-state index in [9.17, 15) is 4.39 Å². The quantitative estimate of drug-likeness (QED) is 0.640. The highest BCUT2D eigenvalue weighted by Crippen LogP contribution is 2.42. The summed E-state index contributed by atoms with van der Waals surface area (Å²) in [5.41, 5.74) is 0.532. The topological polar surface area (TPSA) is 12.0 Å². The first-order valence-corrected chi connectivity index (χ1v) is 6.45. The van der Waals surface area contributed by atoms with Crippen LogP contribution in [0.4, 0.5) is 4.39 Å². The molecule has 1 nitrogen and oxygen atoms in total. The summed E-state index contributed by atoms with van der Waals surface area (Å²) in [5.74, 6) is 0.783. The first-order chi connectivity index (χ1) is 7.18. The fraction of sp³-hybridized carbons (Fsp3) is 1.00. The molecular formula is C13H26FN. The zero-order chi connectivity index (χ0) is 11.1. The average molecular weight is 215 g/mol. The Morgan fingerprint density at radius 2 is 1.93 bits per heavy atom. The molecular weight excluding hydrogens is 189 g/mol. The smallest absolute Gasteiger partial charge is 0.0906 e. The van der Waals surface area contributed by atoms with E-state index in [0.29, 0.717) is 11.8 Å². The van der Waals surface area contributed by atoms with Gasteiger partial charge in [-0.1, -0.05) is 26.7 Å². The largest absolute Gasteiger partial charge is 0.316 e. The van der Waals surface area contributed by atoms with Crippen LogP contribution in [0.25, 0.3) is 0 Å². The van der Waals surface area contributed by atoms with Crippen LogP contribution in [0.3, 0.4) is 0 Å². The molecule has 0 radical (unpaired) electrons. The number of halogens is 1. The number of hydrogen-bond donors (Lipinski definition) is 1. The summed E-state index contributed by atoms with van der Waals surface area (Å²) in [5, 5.41) is 3.43. The van der Waals surface area contributed by atoms with E-state index >= 15 is 0 Å². The van der Waals surface area contributed by atoms with Gasteiger partial charge >= 0.3 is 0 Å². The highest BCUT2D eigenvalue weighted by molar-refractivity contribution is 4.87. The summed E-state index contributed by atoms with van der Waals surface area (Å²) in [6.45, 7) is 6.37. The first-order valence-electron chi connectivity index (χ1n) is 6.45. The van der Waals surface area contributed by atoms with Crippen molar-refractivity contribution in [3.8, 4) is 0 Å². The molecule has 0 heterocycles. The lowest BCUT2D eigenvalue weighted by Gasteiger charge is -2.31. The Bertz CT molecular complexity index is 162. The average Bonchev–Trinajstić information content (AvgIpc) is 2.61. The molecule has 1 fully saturated rings. The van der Waals surface area contributed by atoms with E-state index in [1.807, 2.05) is 0 Å². The van der Waals surface area contributed by atoms with Crippen LogP contribution >= 0.6 is 0 Å². The van der Waals surface area contributed by atoms with Gasteiger partial charge in [0, 0.05) is 6.54 Å². The normalized spacial score (nSPS) is 20.0. The van der Waals surface area contributed by atoms with Crippen LogP contribution in [-0.4, -0.2) is 19.8 Å². The van der Waals surface area contributed by atoms with Gasteiger partial charge in [-0.15, -0.1) is 0 Å². The second-order valence-corrected chi connectivity index (χ2v) is 5.52. The van der Waals surface area contributed by atoms with Crippen molar-refractivity contribution < 1.29 is 4.39 Å². The van der Waals surface area contributed by atoms with Crippen molar-refractivity contribution in [1.82, 2.24) is 5.32 Å². The maximum absolute atomic E-state index is 12.0. The van der Waals surface area contributed by atoms with Crippen molar-refractivity contribution >= 4 is 0 Å². The third kappa shape index (κ3) is 4.50. The molecule has 15 heavy (non-hydrogen) atoms. The maximum Gasteiger partial charge on any atom is 0.0906 e. The van der Waals surface area contributed by atoms with Crippen LogP contribution in [0, 0.1) is 11.3 Å². The van der Waals surface area contributed by atoms with Crippen molar-refractivity contribution in [2.45, 2.75) is 52.4 Å². The van der Waals surface area contributed by atoms with Gasteiger partial charge in [0.05, 0.1) is 6.67 Å². The predicted molar refractivity (Wildman–Crippen MR) is 63.8 cm³/mol. The zero-order valence-corrected chi connectivity index (χ0v) is 10.3. The molecule has 90 valence electrons. The molecule has 0 spiro atoms. The molecule has 2 heteroatoms. The van der Waals surface area contributed by atoms with E-state index in [1.165, 1.54) is 32.1 Å². The van der Waals surface area contributed by atoms with Gasteiger partial charge in [0.25, 0.3) is 0 Å². The molecule has 1 rings (SSSR count). The van der Waals surface area contributed by atoms with Crippen LogP contribution in [0.2, 0.25) is 0 Å². The Morgan fingerprint density at radius 1 is 1.27 bits per heavy atom. The van der Waals surface area contributed by atoms with Crippen molar-refractivity contribution in [2.75, 3.05) is 19.8 Å². The first kappa shape index (κ1) is 13.0. The molecule has 0 bridgehead atoms. The number of nitrogens with one attached hydrogen (secondary N) is 1. The molecule has 1 saturated carbocycles. The highest BCUT2D eigenvalue weighted by atomic mass is 19.1. The summed E-state index contributed by atoms with van der Waals surface area (Å²) in [7, 11) is 0. The number of hydrogen-bond acceptors (Lipinski definition) is 1. The molecule has 0 amide bonds. The number of rotatable bonds is 7. The number of alkyl halides is 1. The summed E-state index contributed by atoms with van der Waals surface area (Å²) < 4.78 is 12.0. The van der Waals surface area contributed by atoms with Crippen LogP contribution in [0.1, 0.15) is 52.4 Å². The van der Waals surface area contributed by atoms with Gasteiger partial charge in [0.1, 0.15) is 0 Å². The lowest BCUT2D eigenvalue weighted by Crippen LogP contribution is -2.34. The van der Waals surface area contributed by atoms with Crippen LogP contribution < -0.4 is 5.32 Å². The maximum atomic E-state index is 12.0. The summed E-state index contributed by atoms with van der Waals surface area (Å²) in [6.07, 6.45) is 7.50. The van der Waals surface area contributed by atoms with E-state index in [-0.39, 0.29) is 6.67 Å². The van der Waals surface area contributed by atoms with Crippen LogP contribution in [-0.2, 0) is 0 Å².